The number of aliphatic hydroxyl groups excluding tert-OH is 1. The Balaban J connectivity index is 2.03. The van der Waals surface area contributed by atoms with Gasteiger partial charge in [-0.15, -0.1) is 11.3 Å². The molecular formula is C13H13NO4S. The molecule has 0 saturated heterocycles. The predicted octanol–water partition coefficient (Wildman–Crippen LogP) is 1.96. The Morgan fingerprint density at radius 2 is 2.16 bits per heavy atom. The number of para-hydroxylation sites is 1. The summed E-state index contributed by atoms with van der Waals surface area (Å²) < 4.78 is 5.61. The maximum Gasteiger partial charge on any atom is 0.365 e. The third-order valence-corrected chi connectivity index (χ3v) is 3.34. The molecule has 0 fully saturated rings. The minimum Gasteiger partial charge on any atom is -0.487 e. The summed E-state index contributed by atoms with van der Waals surface area (Å²) in [6.45, 7) is 0.270. The van der Waals surface area contributed by atoms with Crippen LogP contribution in [0.25, 0.3) is 0 Å². The van der Waals surface area contributed by atoms with E-state index in [2.05, 4.69) is 4.98 Å². The second-order valence-corrected chi connectivity index (χ2v) is 4.68. The smallest absolute Gasteiger partial charge is 0.365 e. The van der Waals surface area contributed by atoms with Gasteiger partial charge >= 0.3 is 5.97 Å². The Morgan fingerprint density at radius 1 is 1.37 bits per heavy atom. The molecule has 0 aliphatic carbocycles. The van der Waals surface area contributed by atoms with E-state index >= 15 is 0 Å². The van der Waals surface area contributed by atoms with Crippen molar-refractivity contribution >= 4 is 17.3 Å². The van der Waals surface area contributed by atoms with Crippen LogP contribution in [0.5, 0.6) is 5.75 Å². The number of nitrogens with zero attached hydrogens (tertiary/aromatic N) is 1. The van der Waals surface area contributed by atoms with Crippen molar-refractivity contribution < 1.29 is 19.7 Å². The molecule has 1 heterocycles. The van der Waals surface area contributed by atoms with Crippen LogP contribution in [0.2, 0.25) is 0 Å². The molecule has 0 radical (unpaired) electrons. The van der Waals surface area contributed by atoms with Crippen molar-refractivity contribution in [2.75, 3.05) is 6.61 Å². The van der Waals surface area contributed by atoms with Crippen LogP contribution in [0.15, 0.2) is 29.6 Å². The number of rotatable bonds is 6. The van der Waals surface area contributed by atoms with Gasteiger partial charge in [0.2, 0.25) is 5.01 Å². The Kier molecular flexibility index (Phi) is 4.48. The van der Waals surface area contributed by atoms with Crippen LogP contribution in [0, 0.1) is 0 Å². The predicted molar refractivity (Wildman–Crippen MR) is 70.6 cm³/mol. The van der Waals surface area contributed by atoms with E-state index in [9.17, 15) is 4.79 Å². The summed E-state index contributed by atoms with van der Waals surface area (Å²) in [5, 5.41) is 19.5. The average Bonchev–Trinajstić information content (AvgIpc) is 2.87. The van der Waals surface area contributed by atoms with Gasteiger partial charge < -0.3 is 14.9 Å². The lowest BCUT2D eigenvalue weighted by Crippen LogP contribution is -2.01. The van der Waals surface area contributed by atoms with E-state index < -0.39 is 5.97 Å². The third-order valence-electron chi connectivity index (χ3n) is 2.46. The molecule has 0 bridgehead atoms. The lowest BCUT2D eigenvalue weighted by atomic mass is 10.1. The summed E-state index contributed by atoms with van der Waals surface area (Å²) in [6.07, 6.45) is 0.521. The van der Waals surface area contributed by atoms with Gasteiger partial charge in [0.25, 0.3) is 0 Å². The number of thiazole rings is 1. The fraction of sp³-hybridized carbons (Fsp3) is 0.231. The van der Waals surface area contributed by atoms with Crippen LogP contribution in [-0.4, -0.2) is 27.8 Å². The minimum atomic E-state index is -1.03. The topological polar surface area (TPSA) is 79.7 Å². The van der Waals surface area contributed by atoms with Crippen molar-refractivity contribution in [3.05, 3.63) is 45.9 Å². The highest BCUT2D eigenvalue weighted by molar-refractivity contribution is 7.11. The number of carboxylic acids is 1. The van der Waals surface area contributed by atoms with Crippen LogP contribution in [-0.2, 0) is 13.0 Å². The highest BCUT2D eigenvalue weighted by atomic mass is 32.1. The molecule has 0 aliphatic heterocycles. The van der Waals surface area contributed by atoms with E-state index in [-0.39, 0.29) is 18.2 Å². The van der Waals surface area contributed by atoms with Crippen molar-refractivity contribution in [3.8, 4) is 5.75 Å². The Labute approximate surface area is 114 Å². The molecular weight excluding hydrogens is 266 g/mol. The van der Waals surface area contributed by atoms with Crippen LogP contribution in [0.3, 0.4) is 0 Å². The molecule has 0 spiro atoms. The maximum atomic E-state index is 10.7. The van der Waals surface area contributed by atoms with Crippen LogP contribution in [0.1, 0.15) is 21.1 Å². The summed E-state index contributed by atoms with van der Waals surface area (Å²) in [5.74, 6) is -0.349. The van der Waals surface area contributed by atoms with Crippen molar-refractivity contribution in [2.24, 2.45) is 0 Å². The molecule has 6 heteroatoms. The quantitative estimate of drug-likeness (QED) is 0.845. The van der Waals surface area contributed by atoms with Crippen LogP contribution >= 0.6 is 11.3 Å². The molecule has 5 nitrogen and oxygen atoms in total. The van der Waals surface area contributed by atoms with Crippen molar-refractivity contribution in [3.63, 3.8) is 0 Å². The van der Waals surface area contributed by atoms with E-state index in [0.717, 1.165) is 16.9 Å². The summed E-state index contributed by atoms with van der Waals surface area (Å²) in [6, 6.07) is 7.42. The van der Waals surface area contributed by atoms with Crippen LogP contribution < -0.4 is 4.74 Å². The van der Waals surface area contributed by atoms with Gasteiger partial charge in [0.15, 0.2) is 0 Å². The zero-order valence-corrected chi connectivity index (χ0v) is 10.9. The van der Waals surface area contributed by atoms with E-state index in [0.29, 0.717) is 17.9 Å². The first-order valence-corrected chi connectivity index (χ1v) is 6.58. The summed E-state index contributed by atoms with van der Waals surface area (Å²) in [4.78, 5) is 14.7. The molecule has 19 heavy (non-hydrogen) atoms. The van der Waals surface area contributed by atoms with Gasteiger partial charge in [-0.3, -0.25) is 0 Å². The highest BCUT2D eigenvalue weighted by Gasteiger charge is 2.10. The first-order valence-electron chi connectivity index (χ1n) is 5.70. The molecule has 100 valence electrons. The Bertz CT molecular complexity index is 567. The summed E-state index contributed by atoms with van der Waals surface area (Å²) in [5.41, 5.74) is 1.50. The number of hydrogen-bond acceptors (Lipinski definition) is 5. The van der Waals surface area contributed by atoms with Gasteiger partial charge in [0.05, 0.1) is 5.69 Å². The van der Waals surface area contributed by atoms with E-state index in [1.807, 2.05) is 24.3 Å². The first-order chi connectivity index (χ1) is 9.20. The second-order valence-electron chi connectivity index (χ2n) is 3.82. The van der Waals surface area contributed by atoms with Gasteiger partial charge in [-0.1, -0.05) is 18.2 Å². The monoisotopic (exact) mass is 279 g/mol. The Hall–Kier alpha value is -1.92. The number of aliphatic hydroxyl groups is 1. The van der Waals surface area contributed by atoms with Gasteiger partial charge in [-0.2, -0.15) is 0 Å². The molecule has 2 aromatic rings. The maximum absolute atomic E-state index is 10.7. The fourth-order valence-electron chi connectivity index (χ4n) is 1.59. The number of carboxylic acid groups (broad SMARTS) is 1. The zero-order valence-electron chi connectivity index (χ0n) is 10.1. The number of carbonyl (C=O) groups is 1. The molecule has 2 rings (SSSR count). The van der Waals surface area contributed by atoms with Crippen LogP contribution in [0.4, 0.5) is 0 Å². The SMILES string of the molecule is O=C(O)c1nc(COc2ccccc2CCO)cs1. The van der Waals surface area contributed by atoms with Crippen molar-refractivity contribution in [1.29, 1.82) is 0 Å². The van der Waals surface area contributed by atoms with Crippen molar-refractivity contribution in [1.82, 2.24) is 4.98 Å². The normalized spacial score (nSPS) is 10.4. The Morgan fingerprint density at radius 3 is 2.84 bits per heavy atom. The standard InChI is InChI=1S/C13H13NO4S/c15-6-5-9-3-1-2-4-11(9)18-7-10-8-19-12(14-10)13(16)17/h1-4,8,15H,5-7H2,(H,16,17). The summed E-state index contributed by atoms with van der Waals surface area (Å²) in [7, 11) is 0. The molecule has 0 amide bonds. The molecule has 1 aromatic carbocycles. The second kappa shape index (κ2) is 6.31. The number of aromatic nitrogens is 1. The first kappa shape index (κ1) is 13.5. The number of hydrogen-bond donors (Lipinski definition) is 2. The van der Waals surface area contributed by atoms with E-state index in [1.165, 1.54) is 0 Å². The minimum absolute atomic E-state index is 0.0558. The molecule has 0 atom stereocenters. The zero-order chi connectivity index (χ0) is 13.7. The fourth-order valence-corrected chi connectivity index (χ4v) is 2.23. The van der Waals surface area contributed by atoms with Gasteiger partial charge in [-0.05, 0) is 18.1 Å². The lowest BCUT2D eigenvalue weighted by Gasteiger charge is -2.09. The van der Waals surface area contributed by atoms with Gasteiger partial charge in [0.1, 0.15) is 12.4 Å². The van der Waals surface area contributed by atoms with Gasteiger partial charge in [-0.25, -0.2) is 9.78 Å². The number of benzene rings is 1. The average molecular weight is 279 g/mol. The molecule has 0 saturated carbocycles. The lowest BCUT2D eigenvalue weighted by molar-refractivity contribution is 0.0696. The van der Waals surface area contributed by atoms with Crippen molar-refractivity contribution in [2.45, 2.75) is 13.0 Å². The van der Waals surface area contributed by atoms with E-state index in [4.69, 9.17) is 14.9 Å². The number of aromatic carboxylic acids is 1. The largest absolute Gasteiger partial charge is 0.487 e. The molecule has 2 N–H and O–H groups in total. The summed E-state index contributed by atoms with van der Waals surface area (Å²) >= 11 is 1.08. The number of ether oxygens (including phenoxy) is 1. The van der Waals surface area contributed by atoms with E-state index in [1.54, 1.807) is 5.38 Å². The highest BCUT2D eigenvalue weighted by Crippen LogP contribution is 2.20. The van der Waals surface area contributed by atoms with Gasteiger partial charge in [0, 0.05) is 12.0 Å². The third kappa shape index (κ3) is 3.52. The molecule has 0 aliphatic rings. The molecule has 0 unspecified atom stereocenters. The molecule has 1 aromatic heterocycles.